The number of nitrogens with one attached hydrogen (secondary N) is 1. The Labute approximate surface area is 205 Å². The molecule has 1 saturated heterocycles. The molecule has 1 atom stereocenters. The molecule has 6 heteroatoms. The summed E-state index contributed by atoms with van der Waals surface area (Å²) in [5.41, 5.74) is 4.54. The van der Waals surface area contributed by atoms with Gasteiger partial charge in [0.05, 0.1) is 11.6 Å². The van der Waals surface area contributed by atoms with Crippen molar-refractivity contribution in [2.24, 2.45) is 0 Å². The number of amides is 1. The molecule has 5 nitrogen and oxygen atoms in total. The molecule has 2 N–H and O–H groups in total. The first-order chi connectivity index (χ1) is 16.4. The van der Waals surface area contributed by atoms with E-state index < -0.39 is 17.7 Å². The molecule has 34 heavy (non-hydrogen) atoms. The topological polar surface area (TPSA) is 73.4 Å². The van der Waals surface area contributed by atoms with Crippen LogP contribution in [0.25, 0.3) is 16.7 Å². The Balaban J connectivity index is 1.57. The zero-order valence-electron chi connectivity index (χ0n) is 18.6. The minimum atomic E-state index is -0.677. The van der Waals surface area contributed by atoms with E-state index in [0.29, 0.717) is 18.5 Å². The van der Waals surface area contributed by atoms with Crippen LogP contribution in [-0.2, 0) is 16.0 Å². The number of carbonyl (C=O) groups excluding carboxylic acids is 2. The van der Waals surface area contributed by atoms with Gasteiger partial charge in [0.25, 0.3) is 11.7 Å². The van der Waals surface area contributed by atoms with E-state index in [1.807, 2.05) is 73.8 Å². The first-order valence-electron chi connectivity index (χ1n) is 11.1. The van der Waals surface area contributed by atoms with Crippen molar-refractivity contribution in [3.63, 3.8) is 0 Å². The fraction of sp³-hybridized carbons (Fsp3) is 0.143. The van der Waals surface area contributed by atoms with Gasteiger partial charge in [-0.15, -0.1) is 0 Å². The predicted octanol–water partition coefficient (Wildman–Crippen LogP) is 5.90. The summed E-state index contributed by atoms with van der Waals surface area (Å²) in [6, 6.07) is 22.1. The molecule has 0 saturated carbocycles. The molecule has 1 unspecified atom stereocenters. The number of aryl methyl sites for hydroxylation is 1. The van der Waals surface area contributed by atoms with Gasteiger partial charge in [-0.05, 0) is 42.7 Å². The van der Waals surface area contributed by atoms with Crippen molar-refractivity contribution < 1.29 is 14.7 Å². The summed E-state index contributed by atoms with van der Waals surface area (Å²) in [5, 5.41) is 12.3. The molecule has 3 aromatic carbocycles. The van der Waals surface area contributed by atoms with Crippen LogP contribution in [0.15, 0.2) is 89.0 Å². The largest absolute Gasteiger partial charge is 0.507 e. The lowest BCUT2D eigenvalue weighted by atomic mass is 9.95. The molecule has 1 fully saturated rings. The van der Waals surface area contributed by atoms with Gasteiger partial charge < -0.3 is 15.0 Å². The molecule has 5 rings (SSSR count). The first kappa shape index (κ1) is 22.2. The lowest BCUT2D eigenvalue weighted by molar-refractivity contribution is -0.139. The van der Waals surface area contributed by atoms with Crippen LogP contribution >= 0.6 is 15.9 Å². The molecule has 1 amide bonds. The number of aromatic nitrogens is 1. The zero-order valence-corrected chi connectivity index (χ0v) is 20.2. The van der Waals surface area contributed by atoms with Crippen LogP contribution in [-0.4, -0.2) is 33.2 Å². The van der Waals surface area contributed by atoms with E-state index >= 15 is 0 Å². The number of H-pyrrole nitrogens is 1. The average molecular weight is 515 g/mol. The zero-order chi connectivity index (χ0) is 23.8. The van der Waals surface area contributed by atoms with Gasteiger partial charge in [-0.3, -0.25) is 9.59 Å². The molecule has 1 aliphatic heterocycles. The number of hydrogen-bond donors (Lipinski definition) is 2. The molecule has 4 aromatic rings. The normalized spacial score (nSPS) is 17.6. The maximum Gasteiger partial charge on any atom is 0.295 e. The second kappa shape index (κ2) is 8.95. The molecule has 0 spiro atoms. The molecule has 2 heterocycles. The van der Waals surface area contributed by atoms with Crippen molar-refractivity contribution in [3.8, 4) is 0 Å². The summed E-state index contributed by atoms with van der Waals surface area (Å²) in [4.78, 5) is 31.3. The second-order valence-corrected chi connectivity index (χ2v) is 9.44. The van der Waals surface area contributed by atoms with Crippen molar-refractivity contribution in [2.75, 3.05) is 6.54 Å². The van der Waals surface area contributed by atoms with E-state index in [9.17, 15) is 14.7 Å². The summed E-state index contributed by atoms with van der Waals surface area (Å²) in [5.74, 6) is -1.42. The summed E-state index contributed by atoms with van der Waals surface area (Å²) in [7, 11) is 0. The Bertz CT molecular complexity index is 1440. The quantitative estimate of drug-likeness (QED) is 0.197. The fourth-order valence-electron chi connectivity index (χ4n) is 4.58. The lowest BCUT2D eigenvalue weighted by Gasteiger charge is -2.25. The van der Waals surface area contributed by atoms with Crippen molar-refractivity contribution in [3.05, 3.63) is 111 Å². The third-order valence-corrected chi connectivity index (χ3v) is 6.82. The molecule has 0 aliphatic carbocycles. The summed E-state index contributed by atoms with van der Waals surface area (Å²) in [6.45, 7) is 2.29. The minimum absolute atomic E-state index is 0.117. The maximum atomic E-state index is 13.2. The Morgan fingerprint density at radius 1 is 1.03 bits per heavy atom. The summed E-state index contributed by atoms with van der Waals surface area (Å²) < 4.78 is 0.836. The van der Waals surface area contributed by atoms with E-state index in [4.69, 9.17) is 0 Å². The number of para-hydroxylation sites is 1. The second-order valence-electron chi connectivity index (χ2n) is 8.52. The van der Waals surface area contributed by atoms with Gasteiger partial charge in [-0.2, -0.15) is 0 Å². The average Bonchev–Trinajstić information content (AvgIpc) is 3.36. The summed E-state index contributed by atoms with van der Waals surface area (Å²) >= 11 is 3.50. The number of fused-ring (bicyclic) bond motifs is 1. The van der Waals surface area contributed by atoms with E-state index in [-0.39, 0.29) is 11.3 Å². The molecule has 170 valence electrons. The number of benzene rings is 3. The molecular formula is C28H23BrN2O3. The van der Waals surface area contributed by atoms with Crippen LogP contribution in [0.1, 0.15) is 28.3 Å². The van der Waals surface area contributed by atoms with Crippen molar-refractivity contribution in [1.29, 1.82) is 0 Å². The van der Waals surface area contributed by atoms with Gasteiger partial charge in [0, 0.05) is 33.7 Å². The molecular weight excluding hydrogens is 492 g/mol. The Kier molecular flexibility index (Phi) is 5.84. The summed E-state index contributed by atoms with van der Waals surface area (Å²) in [6.07, 6.45) is 2.52. The van der Waals surface area contributed by atoms with E-state index in [2.05, 4.69) is 20.9 Å². The minimum Gasteiger partial charge on any atom is -0.507 e. The number of nitrogens with zero attached hydrogens (tertiary/aromatic N) is 1. The molecule has 1 aliphatic rings. The van der Waals surface area contributed by atoms with Gasteiger partial charge in [0.1, 0.15) is 5.76 Å². The highest BCUT2D eigenvalue weighted by Gasteiger charge is 2.45. The van der Waals surface area contributed by atoms with Gasteiger partial charge in [0.15, 0.2) is 0 Å². The van der Waals surface area contributed by atoms with Crippen LogP contribution in [0.4, 0.5) is 0 Å². The molecule has 0 radical (unpaired) electrons. The number of ketones is 1. The smallest absolute Gasteiger partial charge is 0.295 e. The van der Waals surface area contributed by atoms with Gasteiger partial charge >= 0.3 is 0 Å². The third-order valence-electron chi connectivity index (χ3n) is 6.33. The van der Waals surface area contributed by atoms with Crippen LogP contribution in [0.2, 0.25) is 0 Å². The van der Waals surface area contributed by atoms with Crippen LogP contribution in [0.5, 0.6) is 0 Å². The monoisotopic (exact) mass is 514 g/mol. The predicted molar refractivity (Wildman–Crippen MR) is 136 cm³/mol. The standard InChI is InChI=1S/C28H23BrN2O3/c1-17-9-11-18(12-10-17)26(32)24-25(19-5-4-6-21(29)15-19)31(28(34)27(24)33)14-13-20-16-30-23-8-3-2-7-22(20)23/h2-12,15-16,25,30,32H,13-14H2,1H3. The number of halogens is 1. The van der Waals surface area contributed by atoms with Crippen LogP contribution in [0, 0.1) is 6.92 Å². The van der Waals surface area contributed by atoms with E-state index in [1.165, 1.54) is 0 Å². The fourth-order valence-corrected chi connectivity index (χ4v) is 5.00. The third kappa shape index (κ3) is 3.94. The number of aliphatic hydroxyl groups excluding tert-OH is 1. The SMILES string of the molecule is Cc1ccc(C(O)=C2C(=O)C(=O)N(CCc3c[nH]c4ccccc34)C2c2cccc(Br)c2)cc1. The number of aromatic amines is 1. The van der Waals surface area contributed by atoms with Crippen molar-refractivity contribution in [2.45, 2.75) is 19.4 Å². The first-order valence-corrected chi connectivity index (χ1v) is 11.9. The number of carbonyl (C=O) groups is 2. The molecule has 1 aromatic heterocycles. The van der Waals surface area contributed by atoms with Gasteiger partial charge in [-0.1, -0.05) is 76.1 Å². The Morgan fingerprint density at radius 3 is 2.56 bits per heavy atom. The van der Waals surface area contributed by atoms with Gasteiger partial charge in [0.2, 0.25) is 0 Å². The maximum absolute atomic E-state index is 13.2. The lowest BCUT2D eigenvalue weighted by Crippen LogP contribution is -2.31. The molecule has 0 bridgehead atoms. The number of Topliss-reactive ketones (excluding diaryl/α,β-unsaturated/α-hetero) is 1. The van der Waals surface area contributed by atoms with Crippen molar-refractivity contribution in [1.82, 2.24) is 9.88 Å². The number of likely N-dealkylation sites (tertiary alicyclic amines) is 1. The number of hydrogen-bond acceptors (Lipinski definition) is 3. The Morgan fingerprint density at radius 2 is 1.79 bits per heavy atom. The van der Waals surface area contributed by atoms with Crippen LogP contribution in [0.3, 0.4) is 0 Å². The highest BCUT2D eigenvalue weighted by Crippen LogP contribution is 2.40. The van der Waals surface area contributed by atoms with E-state index in [0.717, 1.165) is 32.1 Å². The number of rotatable bonds is 5. The van der Waals surface area contributed by atoms with Crippen LogP contribution < -0.4 is 0 Å². The number of aliphatic hydroxyl groups is 1. The Hall–Kier alpha value is -3.64. The van der Waals surface area contributed by atoms with Crippen molar-refractivity contribution >= 4 is 44.3 Å². The highest BCUT2D eigenvalue weighted by molar-refractivity contribution is 9.10. The highest BCUT2D eigenvalue weighted by atomic mass is 79.9. The van der Waals surface area contributed by atoms with Gasteiger partial charge in [-0.25, -0.2) is 0 Å². The van der Waals surface area contributed by atoms with E-state index in [1.54, 1.807) is 17.0 Å².